The largest absolute Gasteiger partial charge is 0.405 e. The van der Waals surface area contributed by atoms with Crippen molar-refractivity contribution in [2.45, 2.75) is 12.6 Å². The van der Waals surface area contributed by atoms with E-state index in [0.717, 1.165) is 17.7 Å². The van der Waals surface area contributed by atoms with Crippen molar-refractivity contribution >= 4 is 29.2 Å². The van der Waals surface area contributed by atoms with Gasteiger partial charge >= 0.3 is 12.2 Å². The molecule has 3 N–H and O–H groups in total. The smallest absolute Gasteiger partial charge is 0.376 e. The van der Waals surface area contributed by atoms with Crippen molar-refractivity contribution in [3.8, 4) is 0 Å². The molecule has 1 aliphatic rings. The first-order chi connectivity index (χ1) is 14.2. The van der Waals surface area contributed by atoms with Gasteiger partial charge in [0.15, 0.2) is 0 Å². The summed E-state index contributed by atoms with van der Waals surface area (Å²) < 4.78 is 36.1. The lowest BCUT2D eigenvalue weighted by molar-refractivity contribution is -0.124. The topological polar surface area (TPSA) is 90.5 Å². The molecule has 2 aromatic rings. The molecule has 0 bridgehead atoms. The molecule has 0 saturated carbocycles. The minimum absolute atomic E-state index is 0.134. The summed E-state index contributed by atoms with van der Waals surface area (Å²) in [6.45, 7) is -1.25. The number of rotatable bonds is 5. The van der Waals surface area contributed by atoms with Gasteiger partial charge in [0.1, 0.15) is 6.54 Å². The number of benzene rings is 2. The van der Waals surface area contributed by atoms with Crippen molar-refractivity contribution in [1.29, 1.82) is 0 Å². The highest BCUT2D eigenvalue weighted by Crippen LogP contribution is 2.29. The van der Waals surface area contributed by atoms with Crippen LogP contribution in [0.25, 0.3) is 0 Å². The Kier molecular flexibility index (Phi) is 6.24. The van der Waals surface area contributed by atoms with Crippen molar-refractivity contribution in [2.24, 2.45) is 0 Å². The number of urea groups is 1. The SMILES string of the molecule is O=C(CNc1ccc(C(=O)N2CCc3ccccc32)cc1)NC(=O)NCC(F)(F)F. The summed E-state index contributed by atoms with van der Waals surface area (Å²) in [4.78, 5) is 37.3. The van der Waals surface area contributed by atoms with E-state index in [1.165, 1.54) is 5.32 Å². The molecule has 7 nitrogen and oxygen atoms in total. The van der Waals surface area contributed by atoms with Crippen LogP contribution in [-0.2, 0) is 11.2 Å². The average molecular weight is 420 g/mol. The van der Waals surface area contributed by atoms with E-state index in [9.17, 15) is 27.6 Å². The lowest BCUT2D eigenvalue weighted by Crippen LogP contribution is -2.45. The Morgan fingerprint density at radius 3 is 2.40 bits per heavy atom. The van der Waals surface area contributed by atoms with Gasteiger partial charge in [0.2, 0.25) is 5.91 Å². The number of hydrogen-bond donors (Lipinski definition) is 3. The molecule has 0 radical (unpaired) electrons. The van der Waals surface area contributed by atoms with Crippen LogP contribution >= 0.6 is 0 Å². The van der Waals surface area contributed by atoms with Gasteiger partial charge in [0.25, 0.3) is 5.91 Å². The molecule has 0 spiro atoms. The molecule has 1 aliphatic heterocycles. The Bertz CT molecular complexity index is 945. The fourth-order valence-electron chi connectivity index (χ4n) is 3.01. The second-order valence-corrected chi connectivity index (χ2v) is 6.61. The molecule has 0 saturated heterocycles. The summed E-state index contributed by atoms with van der Waals surface area (Å²) in [6, 6.07) is 12.9. The third-order valence-corrected chi connectivity index (χ3v) is 4.42. The number of carbonyl (C=O) groups is 3. The predicted octanol–water partition coefficient (Wildman–Crippen LogP) is 2.69. The van der Waals surface area contributed by atoms with Crippen molar-refractivity contribution in [3.63, 3.8) is 0 Å². The summed E-state index contributed by atoms with van der Waals surface area (Å²) in [5.41, 5.74) is 3.01. The monoisotopic (exact) mass is 420 g/mol. The molecule has 3 rings (SSSR count). The number of fused-ring (bicyclic) bond motifs is 1. The first kappa shape index (κ1) is 21.2. The Hall–Kier alpha value is -3.56. The zero-order valence-electron chi connectivity index (χ0n) is 15.8. The highest BCUT2D eigenvalue weighted by atomic mass is 19.4. The van der Waals surface area contributed by atoms with Crippen molar-refractivity contribution in [3.05, 3.63) is 59.7 Å². The van der Waals surface area contributed by atoms with Gasteiger partial charge in [-0.05, 0) is 42.3 Å². The maximum absolute atomic E-state index is 12.8. The van der Waals surface area contributed by atoms with Crippen molar-refractivity contribution < 1.29 is 27.6 Å². The van der Waals surface area contributed by atoms with E-state index in [1.54, 1.807) is 34.5 Å². The minimum atomic E-state index is -4.56. The van der Waals surface area contributed by atoms with Gasteiger partial charge in [0.05, 0.1) is 6.54 Å². The van der Waals surface area contributed by atoms with Crippen LogP contribution in [0.3, 0.4) is 0 Å². The van der Waals surface area contributed by atoms with Crippen LogP contribution in [0, 0.1) is 0 Å². The predicted molar refractivity (Wildman–Crippen MR) is 104 cm³/mol. The second kappa shape index (κ2) is 8.85. The minimum Gasteiger partial charge on any atom is -0.376 e. The molecule has 158 valence electrons. The lowest BCUT2D eigenvalue weighted by atomic mass is 10.1. The number of nitrogens with one attached hydrogen (secondary N) is 3. The van der Waals surface area contributed by atoms with Crippen LogP contribution in [-0.4, -0.2) is 43.7 Å². The number of imide groups is 1. The molecular formula is C20H19F3N4O3. The molecular weight excluding hydrogens is 401 g/mol. The molecule has 4 amide bonds. The number of carbonyl (C=O) groups excluding carboxylic acids is 3. The summed E-state index contributed by atoms with van der Waals surface area (Å²) in [6.07, 6.45) is -3.76. The van der Waals surface area contributed by atoms with Gasteiger partial charge in [0, 0.05) is 23.5 Å². The van der Waals surface area contributed by atoms with Crippen molar-refractivity contribution in [1.82, 2.24) is 10.6 Å². The van der Waals surface area contributed by atoms with Gasteiger partial charge in [-0.3, -0.25) is 14.9 Å². The molecule has 0 fully saturated rings. The molecule has 0 atom stereocenters. The number of hydrogen-bond acceptors (Lipinski definition) is 4. The highest BCUT2D eigenvalue weighted by molar-refractivity contribution is 6.07. The molecule has 0 unspecified atom stereocenters. The molecule has 0 aliphatic carbocycles. The Morgan fingerprint density at radius 1 is 1.00 bits per heavy atom. The first-order valence-corrected chi connectivity index (χ1v) is 9.11. The number of alkyl halides is 3. The van der Waals surface area contributed by atoms with E-state index in [4.69, 9.17) is 0 Å². The quantitative estimate of drug-likeness (QED) is 0.694. The third-order valence-electron chi connectivity index (χ3n) is 4.42. The van der Waals surface area contributed by atoms with Gasteiger partial charge in [-0.1, -0.05) is 18.2 Å². The molecule has 10 heteroatoms. The van der Waals surface area contributed by atoms with Crippen LogP contribution in [0.4, 0.5) is 29.3 Å². The number of para-hydroxylation sites is 1. The Morgan fingerprint density at radius 2 is 1.70 bits per heavy atom. The Balaban J connectivity index is 1.50. The third kappa shape index (κ3) is 5.49. The molecule has 30 heavy (non-hydrogen) atoms. The summed E-state index contributed by atoms with van der Waals surface area (Å²) >= 11 is 0. The fraction of sp³-hybridized carbons (Fsp3) is 0.250. The van der Waals surface area contributed by atoms with E-state index in [0.29, 0.717) is 17.8 Å². The van der Waals surface area contributed by atoms with Gasteiger partial charge in [-0.2, -0.15) is 13.2 Å². The van der Waals surface area contributed by atoms with Crippen LogP contribution < -0.4 is 20.9 Å². The summed E-state index contributed by atoms with van der Waals surface area (Å²) in [5, 5.41) is 6.06. The molecule has 1 heterocycles. The lowest BCUT2D eigenvalue weighted by Gasteiger charge is -2.17. The van der Waals surface area contributed by atoms with E-state index in [1.807, 2.05) is 24.3 Å². The van der Waals surface area contributed by atoms with Gasteiger partial charge in [-0.15, -0.1) is 0 Å². The summed E-state index contributed by atoms with van der Waals surface area (Å²) in [5.74, 6) is -0.936. The first-order valence-electron chi connectivity index (χ1n) is 9.11. The number of anilines is 2. The normalized spacial score (nSPS) is 12.8. The Labute approximate surface area is 170 Å². The number of amides is 4. The van der Waals surface area contributed by atoms with E-state index < -0.39 is 24.7 Å². The van der Waals surface area contributed by atoms with E-state index in [-0.39, 0.29) is 12.5 Å². The van der Waals surface area contributed by atoms with Crippen molar-refractivity contribution in [2.75, 3.05) is 29.9 Å². The maximum Gasteiger partial charge on any atom is 0.405 e. The van der Waals surface area contributed by atoms with Crippen LogP contribution in [0.15, 0.2) is 48.5 Å². The van der Waals surface area contributed by atoms with Crippen LogP contribution in [0.1, 0.15) is 15.9 Å². The zero-order valence-corrected chi connectivity index (χ0v) is 15.8. The molecule has 0 aromatic heterocycles. The number of nitrogens with zero attached hydrogens (tertiary/aromatic N) is 1. The maximum atomic E-state index is 12.8. The highest BCUT2D eigenvalue weighted by Gasteiger charge is 2.28. The van der Waals surface area contributed by atoms with Crippen LogP contribution in [0.5, 0.6) is 0 Å². The second-order valence-electron chi connectivity index (χ2n) is 6.61. The number of halogens is 3. The fourth-order valence-corrected chi connectivity index (χ4v) is 3.01. The molecule has 2 aromatic carbocycles. The van der Waals surface area contributed by atoms with Crippen LogP contribution in [0.2, 0.25) is 0 Å². The average Bonchev–Trinajstić information content (AvgIpc) is 3.14. The van der Waals surface area contributed by atoms with Gasteiger partial charge < -0.3 is 15.5 Å². The van der Waals surface area contributed by atoms with Gasteiger partial charge in [-0.25, -0.2) is 4.79 Å². The summed E-state index contributed by atoms with van der Waals surface area (Å²) in [7, 11) is 0. The zero-order chi connectivity index (χ0) is 21.7. The van der Waals surface area contributed by atoms with E-state index >= 15 is 0 Å². The van der Waals surface area contributed by atoms with E-state index in [2.05, 4.69) is 5.32 Å². The standard InChI is InChI=1S/C20H19F3N4O3/c21-20(22,23)12-25-19(30)26-17(28)11-24-15-7-5-14(6-8-15)18(29)27-10-9-13-3-1-2-4-16(13)27/h1-8,24H,9-12H2,(H2,25,26,28,30).